The van der Waals surface area contributed by atoms with Crippen LogP contribution in [0.2, 0.25) is 0 Å². The molecule has 0 bridgehead atoms. The van der Waals surface area contributed by atoms with E-state index in [4.69, 9.17) is 14.2 Å². The summed E-state index contributed by atoms with van der Waals surface area (Å²) in [4.78, 5) is 38.5. The Morgan fingerprint density at radius 2 is 0.455 bits per heavy atom. The van der Waals surface area contributed by atoms with Crippen LogP contribution in [-0.4, -0.2) is 37.2 Å². The fourth-order valence-corrected chi connectivity index (χ4v) is 11.1. The summed E-state index contributed by atoms with van der Waals surface area (Å²) >= 11 is 0. The predicted octanol–water partition coefficient (Wildman–Crippen LogP) is 23.8. The van der Waals surface area contributed by atoms with E-state index >= 15 is 0 Å². The largest absolute Gasteiger partial charge is 0.462 e. The first-order valence-electron chi connectivity index (χ1n) is 35.2. The number of carbonyl (C=O) groups is 3. The number of rotatable bonds is 64. The normalized spacial score (nSPS) is 12.8. The Hall–Kier alpha value is -1.59. The van der Waals surface area contributed by atoms with E-state index in [1.54, 1.807) is 0 Å². The lowest BCUT2D eigenvalue weighted by atomic mass is 9.99. The standard InChI is InChI=1S/C71H138O6/c1-7-66(5)58-52-46-40-34-28-22-16-11-9-10-12-17-24-30-36-42-48-54-60-69(72)75-63-68(64-76-70(73)61-55-49-43-37-31-25-20-19-23-29-35-41-47-53-59-67(6)8-2)77-71(74)62-56-50-44-38-32-26-18-14-13-15-21-27-33-39-45-51-57-65(3)4/h65-68H,7-64H2,1-6H3/t66?,67?,68-/m1/s1. The number of carbonyl (C=O) groups excluding carboxylic acids is 3. The summed E-state index contributed by atoms with van der Waals surface area (Å²) in [6.45, 7) is 13.9. The van der Waals surface area contributed by atoms with Crippen molar-refractivity contribution in [3.63, 3.8) is 0 Å². The van der Waals surface area contributed by atoms with Gasteiger partial charge in [0.25, 0.3) is 0 Å². The van der Waals surface area contributed by atoms with Crippen molar-refractivity contribution >= 4 is 17.9 Å². The summed E-state index contributed by atoms with van der Waals surface area (Å²) in [6, 6.07) is 0. The molecule has 0 aliphatic rings. The zero-order valence-corrected chi connectivity index (χ0v) is 53.3. The Kier molecular flexibility index (Phi) is 60.7. The molecule has 0 rings (SSSR count). The van der Waals surface area contributed by atoms with Gasteiger partial charge < -0.3 is 14.2 Å². The number of hydrogen-bond acceptors (Lipinski definition) is 6. The molecular weight excluding hydrogens is 949 g/mol. The molecule has 0 radical (unpaired) electrons. The Morgan fingerprint density at radius 3 is 0.675 bits per heavy atom. The number of hydrogen-bond donors (Lipinski definition) is 0. The molecule has 0 aliphatic carbocycles. The van der Waals surface area contributed by atoms with E-state index in [9.17, 15) is 14.4 Å². The molecule has 6 nitrogen and oxygen atoms in total. The van der Waals surface area contributed by atoms with E-state index in [1.165, 1.54) is 283 Å². The minimum Gasteiger partial charge on any atom is -0.462 e. The van der Waals surface area contributed by atoms with Crippen molar-refractivity contribution in [2.45, 2.75) is 407 Å². The molecule has 0 saturated carbocycles. The molecule has 6 heteroatoms. The highest BCUT2D eigenvalue weighted by atomic mass is 16.6. The highest BCUT2D eigenvalue weighted by molar-refractivity contribution is 5.71. The first kappa shape index (κ1) is 75.4. The Morgan fingerprint density at radius 1 is 0.260 bits per heavy atom. The number of unbranched alkanes of at least 4 members (excludes halogenated alkanes) is 45. The molecule has 0 aromatic heterocycles. The van der Waals surface area contributed by atoms with Crippen molar-refractivity contribution in [1.82, 2.24) is 0 Å². The van der Waals surface area contributed by atoms with Gasteiger partial charge in [-0.1, -0.05) is 363 Å². The van der Waals surface area contributed by atoms with E-state index < -0.39 is 6.10 Å². The third-order valence-electron chi connectivity index (χ3n) is 17.1. The van der Waals surface area contributed by atoms with Gasteiger partial charge in [0.1, 0.15) is 13.2 Å². The third-order valence-corrected chi connectivity index (χ3v) is 17.1. The first-order valence-corrected chi connectivity index (χ1v) is 35.2. The average Bonchev–Trinajstić information content (AvgIpc) is 3.42. The second-order valence-electron chi connectivity index (χ2n) is 25.5. The first-order chi connectivity index (χ1) is 37.7. The molecule has 0 aliphatic heterocycles. The Labute approximate surface area is 482 Å². The smallest absolute Gasteiger partial charge is 0.306 e. The molecule has 2 unspecified atom stereocenters. The van der Waals surface area contributed by atoms with E-state index in [0.717, 1.165) is 75.5 Å². The molecule has 0 N–H and O–H groups in total. The zero-order chi connectivity index (χ0) is 56.2. The summed E-state index contributed by atoms with van der Waals surface area (Å²) in [5, 5.41) is 0. The summed E-state index contributed by atoms with van der Waals surface area (Å²) in [5.41, 5.74) is 0. The van der Waals surface area contributed by atoms with Crippen LogP contribution in [0.1, 0.15) is 401 Å². The third kappa shape index (κ3) is 61.9. The van der Waals surface area contributed by atoms with Gasteiger partial charge in [0.2, 0.25) is 0 Å². The van der Waals surface area contributed by atoms with Gasteiger partial charge in [0.15, 0.2) is 6.10 Å². The second kappa shape index (κ2) is 62.0. The van der Waals surface area contributed by atoms with Crippen LogP contribution in [0.25, 0.3) is 0 Å². The lowest BCUT2D eigenvalue weighted by Gasteiger charge is -2.18. The monoisotopic (exact) mass is 1090 g/mol. The Bertz CT molecular complexity index is 1200. The molecular formula is C71H138O6. The molecule has 3 atom stereocenters. The number of esters is 3. The van der Waals surface area contributed by atoms with E-state index in [-0.39, 0.29) is 31.1 Å². The van der Waals surface area contributed by atoms with Crippen LogP contribution in [0, 0.1) is 17.8 Å². The SMILES string of the molecule is CCC(C)CCCCCCCCCCCCCCCCCCCCC(=O)OC[C@H](COC(=O)CCCCCCCCCCCCCCCCC(C)CC)OC(=O)CCCCCCCCCCCCCCCCCCC(C)C. The maximum atomic E-state index is 13.0. The minimum absolute atomic E-state index is 0.0618. The van der Waals surface area contributed by atoms with Gasteiger partial charge in [-0.2, -0.15) is 0 Å². The van der Waals surface area contributed by atoms with Crippen LogP contribution in [0.4, 0.5) is 0 Å². The van der Waals surface area contributed by atoms with Gasteiger partial charge in [0.05, 0.1) is 0 Å². The minimum atomic E-state index is -0.765. The van der Waals surface area contributed by atoms with Crippen molar-refractivity contribution in [3.8, 4) is 0 Å². The van der Waals surface area contributed by atoms with Gasteiger partial charge in [-0.05, 0) is 37.0 Å². The average molecular weight is 1090 g/mol. The van der Waals surface area contributed by atoms with Crippen LogP contribution in [-0.2, 0) is 28.6 Å². The lowest BCUT2D eigenvalue weighted by molar-refractivity contribution is -0.167. The van der Waals surface area contributed by atoms with Gasteiger partial charge in [-0.25, -0.2) is 0 Å². The van der Waals surface area contributed by atoms with Crippen LogP contribution < -0.4 is 0 Å². The second-order valence-corrected chi connectivity index (χ2v) is 25.5. The molecule has 0 aromatic rings. The maximum Gasteiger partial charge on any atom is 0.306 e. The van der Waals surface area contributed by atoms with Crippen molar-refractivity contribution in [2.24, 2.45) is 17.8 Å². The molecule has 0 fully saturated rings. The summed E-state index contributed by atoms with van der Waals surface area (Å²) < 4.78 is 17.0. The highest BCUT2D eigenvalue weighted by Crippen LogP contribution is 2.20. The van der Waals surface area contributed by atoms with Crippen LogP contribution in [0.15, 0.2) is 0 Å². The van der Waals surface area contributed by atoms with E-state index in [2.05, 4.69) is 41.5 Å². The summed E-state index contributed by atoms with van der Waals surface area (Å²) in [5.74, 6) is 1.83. The molecule has 458 valence electrons. The van der Waals surface area contributed by atoms with E-state index in [0.29, 0.717) is 19.3 Å². The van der Waals surface area contributed by atoms with Crippen molar-refractivity contribution < 1.29 is 28.6 Å². The molecule has 0 amide bonds. The molecule has 0 heterocycles. The Balaban J connectivity index is 4.28. The van der Waals surface area contributed by atoms with E-state index in [1.807, 2.05) is 0 Å². The number of ether oxygens (including phenoxy) is 3. The molecule has 0 aromatic carbocycles. The summed E-state index contributed by atoms with van der Waals surface area (Å²) in [6.07, 6.45) is 69.6. The van der Waals surface area contributed by atoms with Crippen molar-refractivity contribution in [2.75, 3.05) is 13.2 Å². The van der Waals surface area contributed by atoms with Gasteiger partial charge in [0, 0.05) is 19.3 Å². The highest BCUT2D eigenvalue weighted by Gasteiger charge is 2.20. The predicted molar refractivity (Wildman–Crippen MR) is 335 cm³/mol. The van der Waals surface area contributed by atoms with Crippen LogP contribution >= 0.6 is 0 Å². The van der Waals surface area contributed by atoms with Gasteiger partial charge in [-0.3, -0.25) is 14.4 Å². The molecule has 0 saturated heterocycles. The van der Waals surface area contributed by atoms with Gasteiger partial charge in [-0.15, -0.1) is 0 Å². The molecule has 0 spiro atoms. The summed E-state index contributed by atoms with van der Waals surface area (Å²) in [7, 11) is 0. The van der Waals surface area contributed by atoms with Crippen LogP contribution in [0.3, 0.4) is 0 Å². The van der Waals surface area contributed by atoms with Gasteiger partial charge >= 0.3 is 17.9 Å². The van der Waals surface area contributed by atoms with Crippen LogP contribution in [0.5, 0.6) is 0 Å². The fourth-order valence-electron chi connectivity index (χ4n) is 11.1. The fraction of sp³-hybridized carbons (Fsp3) is 0.958. The van der Waals surface area contributed by atoms with Crippen molar-refractivity contribution in [1.29, 1.82) is 0 Å². The topological polar surface area (TPSA) is 78.9 Å². The van der Waals surface area contributed by atoms with Crippen molar-refractivity contribution in [3.05, 3.63) is 0 Å². The maximum absolute atomic E-state index is 13.0. The zero-order valence-electron chi connectivity index (χ0n) is 53.3. The quantitative estimate of drug-likeness (QED) is 0.0343. The lowest BCUT2D eigenvalue weighted by Crippen LogP contribution is -2.30. The molecule has 77 heavy (non-hydrogen) atoms.